The second kappa shape index (κ2) is 5.70. The van der Waals surface area contributed by atoms with Gasteiger partial charge in [-0.1, -0.05) is 36.0 Å². The molecule has 3 heterocycles. The quantitative estimate of drug-likeness (QED) is 0.499. The van der Waals surface area contributed by atoms with Gasteiger partial charge in [0.25, 0.3) is 5.56 Å². The van der Waals surface area contributed by atoms with Gasteiger partial charge in [-0.15, -0.1) is 10.2 Å². The van der Waals surface area contributed by atoms with Gasteiger partial charge in [-0.3, -0.25) is 13.8 Å². The molecule has 0 amide bonds. The minimum absolute atomic E-state index is 0.0722. The summed E-state index contributed by atoms with van der Waals surface area (Å²) in [5.74, 6) is 1.90. The molecule has 0 bridgehead atoms. The lowest BCUT2D eigenvalue weighted by molar-refractivity contribution is 0.857. The number of fused-ring (bicyclic) bond motifs is 4. The number of hydrogen-bond acceptors (Lipinski definition) is 5. The van der Waals surface area contributed by atoms with Crippen molar-refractivity contribution in [1.82, 2.24) is 29.1 Å². The standard InChI is InChI=1S/C18H14N6OS/c1-23-16(25)11-6-2-5-9-14(11)24-15(21-22-18(23)24)10-26-17-19-12-7-3-4-8-13(12)20-17/h2-9H,10H2,1H3,(H,19,20). The number of aryl methyl sites for hydroxylation is 1. The van der Waals surface area contributed by atoms with Crippen LogP contribution in [0.4, 0.5) is 0 Å². The number of H-pyrrole nitrogens is 1. The topological polar surface area (TPSA) is 80.9 Å². The van der Waals surface area contributed by atoms with Crippen LogP contribution in [0, 0.1) is 0 Å². The zero-order chi connectivity index (χ0) is 17.7. The smallest absolute Gasteiger partial charge is 0.262 e. The van der Waals surface area contributed by atoms with Crippen LogP contribution in [0.3, 0.4) is 0 Å². The van der Waals surface area contributed by atoms with Crippen molar-refractivity contribution in [2.24, 2.45) is 7.05 Å². The Kier molecular flexibility index (Phi) is 3.32. The normalized spacial score (nSPS) is 11.7. The van der Waals surface area contributed by atoms with E-state index in [9.17, 15) is 4.79 Å². The van der Waals surface area contributed by atoms with Crippen molar-refractivity contribution >= 4 is 39.5 Å². The fraction of sp³-hybridized carbons (Fsp3) is 0.111. The van der Waals surface area contributed by atoms with Crippen LogP contribution in [0.2, 0.25) is 0 Å². The lowest BCUT2D eigenvalue weighted by Gasteiger charge is -2.07. The molecule has 5 rings (SSSR count). The van der Waals surface area contributed by atoms with Gasteiger partial charge < -0.3 is 4.98 Å². The van der Waals surface area contributed by atoms with E-state index in [4.69, 9.17) is 0 Å². The first-order valence-electron chi connectivity index (χ1n) is 8.11. The number of nitrogens with one attached hydrogen (secondary N) is 1. The molecule has 0 saturated heterocycles. The summed E-state index contributed by atoms with van der Waals surface area (Å²) in [6.07, 6.45) is 0. The lowest BCUT2D eigenvalue weighted by atomic mass is 10.2. The molecule has 128 valence electrons. The number of imidazole rings is 1. The Hall–Kier alpha value is -3.13. The predicted octanol–water partition coefficient (Wildman–Crippen LogP) is 2.75. The van der Waals surface area contributed by atoms with E-state index in [0.717, 1.165) is 27.5 Å². The van der Waals surface area contributed by atoms with E-state index >= 15 is 0 Å². The first-order valence-corrected chi connectivity index (χ1v) is 9.10. The summed E-state index contributed by atoms with van der Waals surface area (Å²) in [7, 11) is 1.72. The van der Waals surface area contributed by atoms with Gasteiger partial charge in [-0.05, 0) is 24.3 Å². The Bertz CT molecular complexity index is 1300. The van der Waals surface area contributed by atoms with E-state index in [1.807, 2.05) is 52.9 Å². The van der Waals surface area contributed by atoms with E-state index in [0.29, 0.717) is 16.9 Å². The van der Waals surface area contributed by atoms with Crippen LogP contribution in [0.5, 0.6) is 0 Å². The van der Waals surface area contributed by atoms with E-state index in [1.54, 1.807) is 18.8 Å². The minimum Gasteiger partial charge on any atom is -0.333 e. The number of thioether (sulfide) groups is 1. The molecule has 0 aliphatic carbocycles. The first-order chi connectivity index (χ1) is 12.7. The number of rotatable bonds is 3. The third-order valence-electron chi connectivity index (χ3n) is 4.40. The number of aromatic nitrogens is 6. The number of benzene rings is 2. The van der Waals surface area contributed by atoms with Gasteiger partial charge in [0, 0.05) is 7.05 Å². The summed E-state index contributed by atoms with van der Waals surface area (Å²) in [6, 6.07) is 15.5. The number of para-hydroxylation sites is 3. The van der Waals surface area contributed by atoms with Crippen LogP contribution >= 0.6 is 11.8 Å². The molecular weight excluding hydrogens is 348 g/mol. The molecule has 8 heteroatoms. The van der Waals surface area contributed by atoms with E-state index in [-0.39, 0.29) is 5.56 Å². The third-order valence-corrected chi connectivity index (χ3v) is 5.27. The maximum absolute atomic E-state index is 12.5. The van der Waals surface area contributed by atoms with Crippen LogP contribution in [-0.2, 0) is 12.8 Å². The molecule has 0 spiro atoms. The Labute approximate surface area is 151 Å². The maximum atomic E-state index is 12.5. The lowest BCUT2D eigenvalue weighted by Crippen LogP contribution is -2.20. The van der Waals surface area contributed by atoms with Crippen LogP contribution in [0.25, 0.3) is 27.7 Å². The van der Waals surface area contributed by atoms with Gasteiger partial charge in [0.2, 0.25) is 5.78 Å². The molecule has 0 radical (unpaired) electrons. The SMILES string of the molecule is Cn1c(=O)c2ccccc2n2c(CSc3nc4ccccc4[nH]3)nnc12. The van der Waals surface area contributed by atoms with Crippen molar-refractivity contribution in [2.75, 3.05) is 0 Å². The summed E-state index contributed by atoms with van der Waals surface area (Å²) in [5, 5.41) is 10.0. The highest BCUT2D eigenvalue weighted by Gasteiger charge is 2.15. The highest BCUT2D eigenvalue weighted by molar-refractivity contribution is 7.98. The van der Waals surface area contributed by atoms with Crippen molar-refractivity contribution in [1.29, 1.82) is 0 Å². The molecule has 2 aromatic carbocycles. The fourth-order valence-corrected chi connectivity index (χ4v) is 3.91. The second-order valence-corrected chi connectivity index (χ2v) is 6.94. The highest BCUT2D eigenvalue weighted by atomic mass is 32.2. The van der Waals surface area contributed by atoms with Crippen LogP contribution in [0.1, 0.15) is 5.82 Å². The number of nitrogens with zero attached hydrogens (tertiary/aromatic N) is 5. The molecule has 3 aromatic heterocycles. The average Bonchev–Trinajstić information content (AvgIpc) is 3.28. The largest absolute Gasteiger partial charge is 0.333 e. The maximum Gasteiger partial charge on any atom is 0.262 e. The Morgan fingerprint density at radius 3 is 2.77 bits per heavy atom. The second-order valence-electron chi connectivity index (χ2n) is 5.98. The van der Waals surface area contributed by atoms with E-state index in [2.05, 4.69) is 20.2 Å². The predicted molar refractivity (Wildman–Crippen MR) is 101 cm³/mol. The zero-order valence-electron chi connectivity index (χ0n) is 13.9. The molecular formula is C18H14N6OS. The van der Waals surface area contributed by atoms with Gasteiger partial charge >= 0.3 is 0 Å². The van der Waals surface area contributed by atoms with Crippen LogP contribution in [-0.4, -0.2) is 29.1 Å². The summed E-state index contributed by atoms with van der Waals surface area (Å²) in [4.78, 5) is 20.4. The van der Waals surface area contributed by atoms with Crippen LogP contribution < -0.4 is 5.56 Å². The molecule has 1 N–H and O–H groups in total. The fourth-order valence-electron chi connectivity index (χ4n) is 3.12. The van der Waals surface area contributed by atoms with Crippen molar-refractivity contribution in [3.05, 3.63) is 64.7 Å². The first kappa shape index (κ1) is 15.2. The zero-order valence-corrected chi connectivity index (χ0v) is 14.7. The monoisotopic (exact) mass is 362 g/mol. The summed E-state index contributed by atoms with van der Waals surface area (Å²) >= 11 is 1.56. The van der Waals surface area contributed by atoms with Crippen LogP contribution in [0.15, 0.2) is 58.5 Å². The van der Waals surface area contributed by atoms with Crippen molar-refractivity contribution in [3.63, 3.8) is 0 Å². The number of hydrogen-bond donors (Lipinski definition) is 1. The van der Waals surface area contributed by atoms with E-state index < -0.39 is 0 Å². The summed E-state index contributed by atoms with van der Waals surface area (Å²) in [5.41, 5.74) is 2.69. The Morgan fingerprint density at radius 1 is 1.08 bits per heavy atom. The molecule has 26 heavy (non-hydrogen) atoms. The Balaban J connectivity index is 1.60. The third kappa shape index (κ3) is 2.22. The molecule has 7 nitrogen and oxygen atoms in total. The highest BCUT2D eigenvalue weighted by Crippen LogP contribution is 2.23. The average molecular weight is 362 g/mol. The molecule has 0 aliphatic rings. The molecule has 0 aliphatic heterocycles. The van der Waals surface area contributed by atoms with Gasteiger partial charge in [0.15, 0.2) is 5.16 Å². The molecule has 0 fully saturated rings. The summed E-state index contributed by atoms with van der Waals surface area (Å²) < 4.78 is 3.47. The van der Waals surface area contributed by atoms with Crippen molar-refractivity contribution in [2.45, 2.75) is 10.9 Å². The molecule has 0 saturated carbocycles. The Morgan fingerprint density at radius 2 is 1.88 bits per heavy atom. The van der Waals surface area contributed by atoms with Crippen molar-refractivity contribution < 1.29 is 0 Å². The molecule has 5 aromatic rings. The molecule has 0 unspecified atom stereocenters. The van der Waals surface area contributed by atoms with Gasteiger partial charge in [-0.25, -0.2) is 4.98 Å². The summed E-state index contributed by atoms with van der Waals surface area (Å²) in [6.45, 7) is 0. The van der Waals surface area contributed by atoms with Crippen molar-refractivity contribution in [3.8, 4) is 0 Å². The molecule has 0 atom stereocenters. The van der Waals surface area contributed by atoms with Gasteiger partial charge in [0.1, 0.15) is 5.82 Å². The van der Waals surface area contributed by atoms with E-state index in [1.165, 1.54) is 4.57 Å². The van der Waals surface area contributed by atoms with Gasteiger partial charge in [0.05, 0.1) is 27.7 Å². The van der Waals surface area contributed by atoms with Gasteiger partial charge in [-0.2, -0.15) is 0 Å². The minimum atomic E-state index is -0.0722. The number of aromatic amines is 1.